The summed E-state index contributed by atoms with van der Waals surface area (Å²) >= 11 is 0. The lowest BCUT2D eigenvalue weighted by Gasteiger charge is -2.13. The van der Waals surface area contributed by atoms with Crippen molar-refractivity contribution in [3.05, 3.63) is 89.0 Å². The zero-order valence-corrected chi connectivity index (χ0v) is 13.5. The highest BCUT2D eigenvalue weighted by atomic mass is 14.1. The van der Waals surface area contributed by atoms with E-state index in [9.17, 15) is 0 Å². The van der Waals surface area contributed by atoms with Crippen LogP contribution < -0.4 is 0 Å². The van der Waals surface area contributed by atoms with E-state index in [2.05, 4.69) is 72.8 Å². The molecule has 0 bridgehead atoms. The second-order valence-corrected chi connectivity index (χ2v) is 6.44. The van der Waals surface area contributed by atoms with E-state index >= 15 is 0 Å². The number of rotatable bonds is 0. The maximum absolute atomic E-state index is 2.26. The summed E-state index contributed by atoms with van der Waals surface area (Å²) in [6, 6.07) is 21.8. The molecule has 0 atom stereocenters. The molecule has 0 saturated carbocycles. The van der Waals surface area contributed by atoms with Gasteiger partial charge in [-0.25, -0.2) is 0 Å². The molecule has 2 aliphatic carbocycles. The first kappa shape index (κ1) is 14.3. The van der Waals surface area contributed by atoms with Crippen molar-refractivity contribution in [2.75, 3.05) is 0 Å². The third-order valence-electron chi connectivity index (χ3n) is 4.96. The predicted molar refractivity (Wildman–Crippen MR) is 99.8 cm³/mol. The van der Waals surface area contributed by atoms with Crippen LogP contribution in [0.3, 0.4) is 0 Å². The van der Waals surface area contributed by atoms with Crippen LogP contribution in [-0.4, -0.2) is 0 Å². The number of fused-ring (bicyclic) bond motifs is 4. The highest BCUT2D eigenvalue weighted by Gasteiger charge is 2.07. The van der Waals surface area contributed by atoms with Crippen molar-refractivity contribution in [2.45, 2.75) is 32.1 Å². The summed E-state index contributed by atoms with van der Waals surface area (Å²) in [6.07, 6.45) is 10.9. The molecule has 114 valence electrons. The first-order chi connectivity index (χ1) is 11.4. The SMILES string of the molecule is C1=Cc2ccc3ccccc3c2C1.c1ccc2c(c1)CCCC2. The van der Waals surface area contributed by atoms with Crippen LogP contribution in [0.5, 0.6) is 0 Å². The number of benzene rings is 3. The molecule has 0 heterocycles. The van der Waals surface area contributed by atoms with Gasteiger partial charge in [-0.1, -0.05) is 72.8 Å². The Morgan fingerprint density at radius 2 is 1.35 bits per heavy atom. The summed E-state index contributed by atoms with van der Waals surface area (Å²) in [5, 5.41) is 2.76. The maximum Gasteiger partial charge on any atom is -0.00820 e. The van der Waals surface area contributed by atoms with Crippen LogP contribution in [-0.2, 0) is 19.3 Å². The second kappa shape index (κ2) is 6.42. The Morgan fingerprint density at radius 1 is 0.652 bits per heavy atom. The van der Waals surface area contributed by atoms with Gasteiger partial charge in [-0.3, -0.25) is 0 Å². The van der Waals surface area contributed by atoms with E-state index in [1.54, 1.807) is 11.1 Å². The first-order valence-corrected chi connectivity index (χ1v) is 8.66. The van der Waals surface area contributed by atoms with Crippen molar-refractivity contribution >= 4 is 16.8 Å². The van der Waals surface area contributed by atoms with Crippen LogP contribution in [0, 0.1) is 0 Å². The third kappa shape index (κ3) is 2.94. The van der Waals surface area contributed by atoms with Crippen LogP contribution in [0.25, 0.3) is 16.8 Å². The molecule has 0 radical (unpaired) electrons. The van der Waals surface area contributed by atoms with Gasteiger partial charge < -0.3 is 0 Å². The molecule has 0 aliphatic heterocycles. The van der Waals surface area contributed by atoms with Crippen molar-refractivity contribution in [3.8, 4) is 0 Å². The third-order valence-corrected chi connectivity index (χ3v) is 4.96. The summed E-state index contributed by atoms with van der Waals surface area (Å²) < 4.78 is 0. The second-order valence-electron chi connectivity index (χ2n) is 6.44. The molecule has 3 aromatic carbocycles. The minimum absolute atomic E-state index is 1.09. The Balaban J connectivity index is 0.000000122. The minimum Gasteiger partial charge on any atom is -0.0795 e. The normalized spacial score (nSPS) is 14.8. The van der Waals surface area contributed by atoms with E-state index in [1.807, 2.05) is 0 Å². The number of hydrogen-bond acceptors (Lipinski definition) is 0. The van der Waals surface area contributed by atoms with Crippen LogP contribution in [0.15, 0.2) is 66.7 Å². The Bertz CT molecular complexity index is 830. The lowest BCUT2D eigenvalue weighted by molar-refractivity contribution is 0.685. The van der Waals surface area contributed by atoms with E-state index in [1.165, 1.54) is 47.6 Å². The molecule has 0 unspecified atom stereocenters. The molecule has 0 fully saturated rings. The number of aryl methyl sites for hydroxylation is 2. The van der Waals surface area contributed by atoms with Crippen molar-refractivity contribution in [2.24, 2.45) is 0 Å². The van der Waals surface area contributed by atoms with Crippen LogP contribution in [0.1, 0.15) is 35.1 Å². The highest BCUT2D eigenvalue weighted by Crippen LogP contribution is 2.27. The van der Waals surface area contributed by atoms with E-state index in [0.29, 0.717) is 0 Å². The van der Waals surface area contributed by atoms with Gasteiger partial charge >= 0.3 is 0 Å². The molecular formula is C23H22. The van der Waals surface area contributed by atoms with Gasteiger partial charge in [-0.05, 0) is 65.1 Å². The molecule has 23 heavy (non-hydrogen) atoms. The molecule has 0 N–H and O–H groups in total. The predicted octanol–water partition coefficient (Wildman–Crippen LogP) is 5.97. The minimum atomic E-state index is 1.09. The molecule has 2 aliphatic rings. The van der Waals surface area contributed by atoms with Gasteiger partial charge in [0.2, 0.25) is 0 Å². The fourth-order valence-electron chi connectivity index (χ4n) is 3.72. The average Bonchev–Trinajstić information content (AvgIpc) is 3.12. The van der Waals surface area contributed by atoms with Gasteiger partial charge in [0.15, 0.2) is 0 Å². The fraction of sp³-hybridized carbons (Fsp3) is 0.217. The molecule has 0 saturated heterocycles. The van der Waals surface area contributed by atoms with E-state index in [0.717, 1.165) is 6.42 Å². The molecule has 0 aromatic heterocycles. The van der Waals surface area contributed by atoms with Gasteiger partial charge in [-0.15, -0.1) is 0 Å². The van der Waals surface area contributed by atoms with Crippen LogP contribution in [0.2, 0.25) is 0 Å². The lowest BCUT2D eigenvalue weighted by atomic mass is 9.92. The van der Waals surface area contributed by atoms with E-state index < -0.39 is 0 Å². The largest absolute Gasteiger partial charge is 0.0795 e. The number of allylic oxidation sites excluding steroid dienone is 1. The Morgan fingerprint density at radius 3 is 2.13 bits per heavy atom. The monoisotopic (exact) mass is 298 g/mol. The van der Waals surface area contributed by atoms with Crippen molar-refractivity contribution in [1.82, 2.24) is 0 Å². The van der Waals surface area contributed by atoms with Crippen molar-refractivity contribution in [3.63, 3.8) is 0 Å². The van der Waals surface area contributed by atoms with Gasteiger partial charge in [0.05, 0.1) is 0 Å². The lowest BCUT2D eigenvalue weighted by Crippen LogP contribution is -2.00. The van der Waals surface area contributed by atoms with Gasteiger partial charge in [0.25, 0.3) is 0 Å². The van der Waals surface area contributed by atoms with E-state index in [4.69, 9.17) is 0 Å². The summed E-state index contributed by atoms with van der Waals surface area (Å²) in [7, 11) is 0. The smallest absolute Gasteiger partial charge is 0.00820 e. The Labute approximate surface area is 138 Å². The van der Waals surface area contributed by atoms with E-state index in [-0.39, 0.29) is 0 Å². The molecule has 0 heteroatoms. The molecule has 3 aromatic rings. The van der Waals surface area contributed by atoms with Crippen molar-refractivity contribution < 1.29 is 0 Å². The molecule has 0 nitrogen and oxygen atoms in total. The van der Waals surface area contributed by atoms with Crippen LogP contribution in [0.4, 0.5) is 0 Å². The zero-order valence-electron chi connectivity index (χ0n) is 13.5. The summed E-state index contributed by atoms with van der Waals surface area (Å²) in [5.74, 6) is 0. The summed E-state index contributed by atoms with van der Waals surface area (Å²) in [6.45, 7) is 0. The van der Waals surface area contributed by atoms with Gasteiger partial charge in [-0.2, -0.15) is 0 Å². The topological polar surface area (TPSA) is 0 Å². The first-order valence-electron chi connectivity index (χ1n) is 8.66. The standard InChI is InChI=1S/C13H10.C10H12/c1-2-6-12-10(4-1)8-9-11-5-3-7-13(11)12;1-2-6-10-8-4-3-7-9(10)5-1/h1-6,8-9H,7H2;1-2,5-6H,3-4,7-8H2. The maximum atomic E-state index is 2.26. The zero-order chi connectivity index (χ0) is 15.5. The molecule has 0 amide bonds. The van der Waals surface area contributed by atoms with Gasteiger partial charge in [0.1, 0.15) is 0 Å². The fourth-order valence-corrected chi connectivity index (χ4v) is 3.72. The Kier molecular flexibility index (Phi) is 3.98. The Hall–Kier alpha value is -2.34. The molecule has 5 rings (SSSR count). The average molecular weight is 298 g/mol. The molecular weight excluding hydrogens is 276 g/mol. The quantitative estimate of drug-likeness (QED) is 0.479. The van der Waals surface area contributed by atoms with Gasteiger partial charge in [0, 0.05) is 0 Å². The summed E-state index contributed by atoms with van der Waals surface area (Å²) in [4.78, 5) is 0. The number of hydrogen-bond donors (Lipinski definition) is 0. The van der Waals surface area contributed by atoms with Crippen molar-refractivity contribution in [1.29, 1.82) is 0 Å². The van der Waals surface area contributed by atoms with Crippen LogP contribution >= 0.6 is 0 Å². The highest BCUT2D eigenvalue weighted by molar-refractivity contribution is 5.90. The molecule has 0 spiro atoms. The summed E-state index contributed by atoms with van der Waals surface area (Å²) in [5.41, 5.74) is 6.03.